The summed E-state index contributed by atoms with van der Waals surface area (Å²) in [5.74, 6) is -0.152. The first-order valence-corrected chi connectivity index (χ1v) is 5.64. The Hall–Kier alpha value is -0.610. The molecule has 2 saturated heterocycles. The molecule has 0 aliphatic carbocycles. The minimum Gasteiger partial charge on any atom is -0.469 e. The summed E-state index contributed by atoms with van der Waals surface area (Å²) in [6, 6.07) is 0. The molecule has 2 bridgehead atoms. The lowest BCUT2D eigenvalue weighted by Crippen LogP contribution is -2.45. The van der Waals surface area contributed by atoms with Crippen molar-refractivity contribution in [1.29, 1.82) is 0 Å². The van der Waals surface area contributed by atoms with Crippen LogP contribution < -0.4 is 0 Å². The number of fused-ring (bicyclic) bond motifs is 2. The second-order valence-corrected chi connectivity index (χ2v) is 4.60. The van der Waals surface area contributed by atoms with E-state index in [-0.39, 0.29) is 11.9 Å². The summed E-state index contributed by atoms with van der Waals surface area (Å²) < 4.78 is 10.5. The molecule has 4 nitrogen and oxygen atoms in total. The Labute approximate surface area is 90.5 Å². The number of hydrogen-bond donors (Lipinski definition) is 0. The van der Waals surface area contributed by atoms with Crippen LogP contribution >= 0.6 is 0 Å². The lowest BCUT2D eigenvalue weighted by Gasteiger charge is -2.33. The Morgan fingerprint density at radius 3 is 2.60 bits per heavy atom. The van der Waals surface area contributed by atoms with Crippen molar-refractivity contribution in [1.82, 2.24) is 4.90 Å². The van der Waals surface area contributed by atoms with Gasteiger partial charge in [0.2, 0.25) is 0 Å². The summed E-state index contributed by atoms with van der Waals surface area (Å²) in [6.07, 6.45) is 3.14. The smallest absolute Gasteiger partial charge is 0.309 e. The SMILES string of the molecule is COC(=O)C(C)CN1CC2CCC(C1)O2. The maximum Gasteiger partial charge on any atom is 0.309 e. The van der Waals surface area contributed by atoms with E-state index in [4.69, 9.17) is 9.47 Å². The van der Waals surface area contributed by atoms with Gasteiger partial charge in [-0.05, 0) is 12.8 Å². The van der Waals surface area contributed by atoms with Crippen LogP contribution in [0, 0.1) is 5.92 Å². The summed E-state index contributed by atoms with van der Waals surface area (Å²) in [7, 11) is 1.45. The zero-order chi connectivity index (χ0) is 10.8. The monoisotopic (exact) mass is 213 g/mol. The van der Waals surface area contributed by atoms with E-state index >= 15 is 0 Å². The van der Waals surface area contributed by atoms with Crippen molar-refractivity contribution in [3.05, 3.63) is 0 Å². The minimum absolute atomic E-state index is 0.0347. The standard InChI is InChI=1S/C11H19NO3/c1-8(11(13)14-2)5-12-6-9-3-4-10(7-12)15-9/h8-10H,3-7H2,1-2H3. The third-order valence-corrected chi connectivity index (χ3v) is 3.25. The molecule has 2 aliphatic heterocycles. The van der Waals surface area contributed by atoms with Crippen molar-refractivity contribution < 1.29 is 14.3 Å². The summed E-state index contributed by atoms with van der Waals surface area (Å²) in [5.41, 5.74) is 0. The van der Waals surface area contributed by atoms with Gasteiger partial charge in [-0.3, -0.25) is 9.69 Å². The molecule has 0 spiro atoms. The molecule has 86 valence electrons. The van der Waals surface area contributed by atoms with Crippen molar-refractivity contribution >= 4 is 5.97 Å². The molecule has 2 heterocycles. The van der Waals surface area contributed by atoms with E-state index in [1.165, 1.54) is 20.0 Å². The molecule has 2 fully saturated rings. The minimum atomic E-state index is -0.117. The van der Waals surface area contributed by atoms with E-state index in [0.717, 1.165) is 19.6 Å². The van der Waals surface area contributed by atoms with Crippen molar-refractivity contribution in [2.75, 3.05) is 26.7 Å². The summed E-state index contributed by atoms with van der Waals surface area (Å²) >= 11 is 0. The average Bonchev–Trinajstić information content (AvgIpc) is 2.57. The number of likely N-dealkylation sites (tertiary alicyclic amines) is 1. The Balaban J connectivity index is 1.82. The quantitative estimate of drug-likeness (QED) is 0.646. The van der Waals surface area contributed by atoms with E-state index in [1.54, 1.807) is 0 Å². The van der Waals surface area contributed by atoms with E-state index in [9.17, 15) is 4.79 Å². The summed E-state index contributed by atoms with van der Waals surface area (Å²) in [5, 5.41) is 0. The zero-order valence-corrected chi connectivity index (χ0v) is 9.44. The van der Waals surface area contributed by atoms with Crippen molar-refractivity contribution in [2.45, 2.75) is 32.0 Å². The van der Waals surface area contributed by atoms with Gasteiger partial charge < -0.3 is 9.47 Å². The van der Waals surface area contributed by atoms with Crippen LogP contribution in [0.4, 0.5) is 0 Å². The molecular formula is C11H19NO3. The maximum absolute atomic E-state index is 11.3. The lowest BCUT2D eigenvalue weighted by molar-refractivity contribution is -0.146. The molecule has 0 aromatic heterocycles. The lowest BCUT2D eigenvalue weighted by atomic mass is 10.1. The molecular weight excluding hydrogens is 194 g/mol. The van der Waals surface area contributed by atoms with Crippen LogP contribution in [0.1, 0.15) is 19.8 Å². The van der Waals surface area contributed by atoms with Crippen molar-refractivity contribution in [2.24, 2.45) is 5.92 Å². The number of rotatable bonds is 3. The molecule has 0 radical (unpaired) electrons. The normalized spacial score (nSPS) is 32.7. The second-order valence-electron chi connectivity index (χ2n) is 4.60. The molecule has 2 aliphatic rings. The fourth-order valence-corrected chi connectivity index (χ4v) is 2.51. The number of carbonyl (C=O) groups excluding carboxylic acids is 1. The summed E-state index contributed by atoms with van der Waals surface area (Å²) in [4.78, 5) is 13.6. The van der Waals surface area contributed by atoms with Gasteiger partial charge in [0.05, 0.1) is 25.2 Å². The van der Waals surface area contributed by atoms with Gasteiger partial charge in [-0.25, -0.2) is 0 Å². The van der Waals surface area contributed by atoms with Crippen LogP contribution in [0.15, 0.2) is 0 Å². The van der Waals surface area contributed by atoms with Gasteiger partial charge in [0.25, 0.3) is 0 Å². The third kappa shape index (κ3) is 2.49. The Morgan fingerprint density at radius 2 is 2.07 bits per heavy atom. The van der Waals surface area contributed by atoms with Gasteiger partial charge in [0.15, 0.2) is 0 Å². The van der Waals surface area contributed by atoms with Crippen LogP contribution in [0.5, 0.6) is 0 Å². The largest absolute Gasteiger partial charge is 0.469 e. The third-order valence-electron chi connectivity index (χ3n) is 3.25. The number of methoxy groups -OCH3 is 1. The molecule has 0 amide bonds. The first-order chi connectivity index (χ1) is 7.19. The highest BCUT2D eigenvalue weighted by atomic mass is 16.5. The first kappa shape index (κ1) is 10.9. The molecule has 0 aromatic carbocycles. The number of carbonyl (C=O) groups is 1. The Morgan fingerprint density at radius 1 is 1.47 bits per heavy atom. The van der Waals surface area contributed by atoms with Gasteiger partial charge in [0, 0.05) is 19.6 Å². The highest BCUT2D eigenvalue weighted by Crippen LogP contribution is 2.26. The fraction of sp³-hybridized carbons (Fsp3) is 0.909. The second kappa shape index (κ2) is 4.49. The molecule has 3 atom stereocenters. The first-order valence-electron chi connectivity index (χ1n) is 5.64. The van der Waals surface area contributed by atoms with Gasteiger partial charge in [-0.15, -0.1) is 0 Å². The summed E-state index contributed by atoms with van der Waals surface area (Å²) in [6.45, 7) is 4.65. The molecule has 15 heavy (non-hydrogen) atoms. The molecule has 0 saturated carbocycles. The van der Waals surface area contributed by atoms with Gasteiger partial charge in [-0.1, -0.05) is 6.92 Å². The number of nitrogens with zero attached hydrogens (tertiary/aromatic N) is 1. The van der Waals surface area contributed by atoms with Gasteiger partial charge >= 0.3 is 5.97 Å². The van der Waals surface area contributed by atoms with Crippen LogP contribution in [-0.4, -0.2) is 49.8 Å². The van der Waals surface area contributed by atoms with E-state index in [2.05, 4.69) is 4.90 Å². The number of morpholine rings is 1. The van der Waals surface area contributed by atoms with Crippen molar-refractivity contribution in [3.8, 4) is 0 Å². The van der Waals surface area contributed by atoms with Crippen LogP contribution in [0.3, 0.4) is 0 Å². The molecule has 3 unspecified atom stereocenters. The van der Waals surface area contributed by atoms with Crippen LogP contribution in [-0.2, 0) is 14.3 Å². The molecule has 0 aromatic rings. The zero-order valence-electron chi connectivity index (χ0n) is 9.44. The Kier molecular flexibility index (Phi) is 3.26. The maximum atomic E-state index is 11.3. The topological polar surface area (TPSA) is 38.8 Å². The molecule has 2 rings (SSSR count). The predicted octanol–water partition coefficient (Wildman–Crippen LogP) is 0.659. The molecule has 4 heteroatoms. The number of ether oxygens (including phenoxy) is 2. The Bertz CT molecular complexity index is 232. The highest BCUT2D eigenvalue weighted by molar-refractivity contribution is 5.72. The van der Waals surface area contributed by atoms with E-state index < -0.39 is 0 Å². The molecule has 0 N–H and O–H groups in total. The number of hydrogen-bond acceptors (Lipinski definition) is 4. The van der Waals surface area contributed by atoms with E-state index in [0.29, 0.717) is 12.2 Å². The average molecular weight is 213 g/mol. The van der Waals surface area contributed by atoms with Crippen molar-refractivity contribution in [3.63, 3.8) is 0 Å². The predicted molar refractivity (Wildman–Crippen MR) is 55.5 cm³/mol. The van der Waals surface area contributed by atoms with Crippen LogP contribution in [0.2, 0.25) is 0 Å². The van der Waals surface area contributed by atoms with Gasteiger partial charge in [0.1, 0.15) is 0 Å². The van der Waals surface area contributed by atoms with Crippen LogP contribution in [0.25, 0.3) is 0 Å². The van der Waals surface area contributed by atoms with E-state index in [1.807, 2.05) is 6.92 Å². The number of esters is 1. The highest BCUT2D eigenvalue weighted by Gasteiger charge is 2.34. The fourth-order valence-electron chi connectivity index (χ4n) is 2.51. The van der Waals surface area contributed by atoms with Gasteiger partial charge in [-0.2, -0.15) is 0 Å².